The van der Waals surface area contributed by atoms with Gasteiger partial charge in [-0.15, -0.1) is 23.1 Å². The second kappa shape index (κ2) is 8.46. The largest absolute Gasteiger partial charge is 0.486 e. The van der Waals surface area contributed by atoms with E-state index >= 15 is 0 Å². The van der Waals surface area contributed by atoms with E-state index in [0.29, 0.717) is 35.4 Å². The summed E-state index contributed by atoms with van der Waals surface area (Å²) < 4.78 is 16.0. The maximum absolute atomic E-state index is 12.2. The number of hydrogen-bond acceptors (Lipinski definition) is 7. The van der Waals surface area contributed by atoms with Crippen LogP contribution in [0.4, 0.5) is 5.00 Å². The maximum atomic E-state index is 12.2. The number of benzene rings is 1. The molecule has 1 N–H and O–H groups in total. The Morgan fingerprint density at radius 2 is 2.00 bits per heavy atom. The molecule has 3 rings (SSSR count). The Hall–Kier alpha value is -2.19. The van der Waals surface area contributed by atoms with Crippen LogP contribution in [0.3, 0.4) is 0 Å². The molecule has 0 aliphatic carbocycles. The number of thiophene rings is 1. The fraction of sp³-hybridized carbons (Fsp3) is 0.333. The lowest BCUT2D eigenvalue weighted by Crippen LogP contribution is -2.15. The summed E-state index contributed by atoms with van der Waals surface area (Å²) in [5.41, 5.74) is 0.795. The lowest BCUT2D eigenvalue weighted by atomic mass is 10.3. The number of carbonyl (C=O) groups excluding carboxylic acids is 2. The third-order valence-electron chi connectivity index (χ3n) is 3.52. The molecule has 0 bridgehead atoms. The van der Waals surface area contributed by atoms with Gasteiger partial charge in [0, 0.05) is 4.90 Å². The quantitative estimate of drug-likeness (QED) is 0.595. The molecule has 1 aliphatic heterocycles. The molecule has 0 radical (unpaired) electrons. The molecule has 0 spiro atoms. The van der Waals surface area contributed by atoms with Crippen molar-refractivity contribution in [1.29, 1.82) is 0 Å². The number of ether oxygens (including phenoxy) is 3. The Morgan fingerprint density at radius 3 is 2.77 bits per heavy atom. The number of aryl methyl sites for hydroxylation is 1. The average Bonchev–Trinajstić information content (AvgIpc) is 3.00. The van der Waals surface area contributed by atoms with Crippen molar-refractivity contribution in [3.8, 4) is 11.5 Å². The van der Waals surface area contributed by atoms with E-state index in [0.717, 1.165) is 16.2 Å². The maximum Gasteiger partial charge on any atom is 0.348 e. The van der Waals surface area contributed by atoms with E-state index < -0.39 is 0 Å². The van der Waals surface area contributed by atoms with Crippen molar-refractivity contribution >= 4 is 40.0 Å². The Balaban J connectivity index is 1.56. The van der Waals surface area contributed by atoms with Crippen LogP contribution in [0.5, 0.6) is 11.5 Å². The number of amides is 1. The molecular weight excluding hydrogens is 374 g/mol. The minimum atomic E-state index is -0.360. The van der Waals surface area contributed by atoms with Gasteiger partial charge in [0.05, 0.1) is 17.4 Å². The molecule has 0 saturated carbocycles. The molecule has 0 saturated heterocycles. The molecule has 2 heterocycles. The Kier molecular flexibility index (Phi) is 6.05. The van der Waals surface area contributed by atoms with Crippen LogP contribution in [0, 0.1) is 6.92 Å². The SMILES string of the molecule is CCOC(=O)c1sc(NC(=O)CSc2ccc3c(c2)OCCO3)cc1C. The molecule has 0 unspecified atom stereocenters. The van der Waals surface area contributed by atoms with Gasteiger partial charge in [-0.1, -0.05) is 0 Å². The van der Waals surface area contributed by atoms with Crippen molar-refractivity contribution in [3.63, 3.8) is 0 Å². The molecule has 8 heteroatoms. The van der Waals surface area contributed by atoms with Gasteiger partial charge >= 0.3 is 5.97 Å². The zero-order chi connectivity index (χ0) is 18.5. The summed E-state index contributed by atoms with van der Waals surface area (Å²) in [4.78, 5) is 25.5. The molecule has 26 heavy (non-hydrogen) atoms. The number of nitrogens with one attached hydrogen (secondary N) is 1. The van der Waals surface area contributed by atoms with Crippen LogP contribution in [-0.4, -0.2) is 37.4 Å². The van der Waals surface area contributed by atoms with Gasteiger partial charge in [0.15, 0.2) is 11.5 Å². The third-order valence-corrected chi connectivity index (χ3v) is 5.65. The summed E-state index contributed by atoms with van der Waals surface area (Å²) in [7, 11) is 0. The summed E-state index contributed by atoms with van der Waals surface area (Å²) in [6.07, 6.45) is 0. The van der Waals surface area contributed by atoms with E-state index in [1.807, 2.05) is 25.1 Å². The van der Waals surface area contributed by atoms with Crippen LogP contribution in [0.15, 0.2) is 29.2 Å². The molecule has 0 fully saturated rings. The summed E-state index contributed by atoms with van der Waals surface area (Å²) in [5.74, 6) is 1.19. The highest BCUT2D eigenvalue weighted by Gasteiger charge is 2.16. The first-order valence-electron chi connectivity index (χ1n) is 8.16. The first kappa shape index (κ1) is 18.6. The van der Waals surface area contributed by atoms with Crippen LogP contribution in [0.1, 0.15) is 22.2 Å². The van der Waals surface area contributed by atoms with Gasteiger partial charge in [-0.25, -0.2) is 4.79 Å². The topological polar surface area (TPSA) is 73.9 Å². The van der Waals surface area contributed by atoms with Gasteiger partial charge in [0.25, 0.3) is 0 Å². The van der Waals surface area contributed by atoms with Gasteiger partial charge in [-0.05, 0) is 43.7 Å². The van der Waals surface area contributed by atoms with Crippen molar-refractivity contribution in [1.82, 2.24) is 0 Å². The molecule has 1 aliphatic rings. The van der Waals surface area contributed by atoms with E-state index in [-0.39, 0.29) is 17.6 Å². The molecule has 1 aromatic carbocycles. The van der Waals surface area contributed by atoms with Crippen molar-refractivity contribution in [2.24, 2.45) is 0 Å². The lowest BCUT2D eigenvalue weighted by Gasteiger charge is -2.18. The first-order chi connectivity index (χ1) is 12.6. The normalized spacial score (nSPS) is 12.5. The Bertz CT molecular complexity index is 818. The zero-order valence-corrected chi connectivity index (χ0v) is 16.1. The number of hydrogen-bond donors (Lipinski definition) is 1. The van der Waals surface area contributed by atoms with E-state index in [9.17, 15) is 9.59 Å². The summed E-state index contributed by atoms with van der Waals surface area (Å²) >= 11 is 2.64. The van der Waals surface area contributed by atoms with Gasteiger partial charge in [0.1, 0.15) is 18.1 Å². The highest BCUT2D eigenvalue weighted by molar-refractivity contribution is 8.00. The molecule has 2 aromatic rings. The molecule has 1 aromatic heterocycles. The van der Waals surface area contributed by atoms with Gasteiger partial charge < -0.3 is 19.5 Å². The van der Waals surface area contributed by atoms with Crippen LogP contribution in [0.2, 0.25) is 0 Å². The van der Waals surface area contributed by atoms with E-state index in [1.165, 1.54) is 23.1 Å². The third kappa shape index (κ3) is 4.50. The van der Waals surface area contributed by atoms with E-state index in [2.05, 4.69) is 5.32 Å². The van der Waals surface area contributed by atoms with Gasteiger partial charge in [-0.3, -0.25) is 4.79 Å². The monoisotopic (exact) mass is 393 g/mol. The Labute approximate surface area is 159 Å². The first-order valence-corrected chi connectivity index (χ1v) is 9.97. The minimum Gasteiger partial charge on any atom is -0.486 e. The number of rotatable bonds is 6. The second-order valence-electron chi connectivity index (χ2n) is 5.49. The fourth-order valence-corrected chi connectivity index (χ4v) is 4.09. The molecule has 1 amide bonds. The van der Waals surface area contributed by atoms with E-state index in [1.54, 1.807) is 13.0 Å². The highest BCUT2D eigenvalue weighted by Crippen LogP contribution is 2.34. The number of fused-ring (bicyclic) bond motifs is 1. The van der Waals surface area contributed by atoms with Crippen molar-refractivity contribution in [3.05, 3.63) is 34.7 Å². The smallest absolute Gasteiger partial charge is 0.348 e. The van der Waals surface area contributed by atoms with Gasteiger partial charge in [0.2, 0.25) is 5.91 Å². The molecular formula is C18H19NO5S2. The minimum absolute atomic E-state index is 0.137. The van der Waals surface area contributed by atoms with Crippen molar-refractivity contribution in [2.75, 3.05) is 30.9 Å². The fourth-order valence-electron chi connectivity index (χ4n) is 2.38. The highest BCUT2D eigenvalue weighted by atomic mass is 32.2. The van der Waals surface area contributed by atoms with E-state index in [4.69, 9.17) is 14.2 Å². The molecule has 138 valence electrons. The number of thioether (sulfide) groups is 1. The standard InChI is InChI=1S/C18H19NO5S2/c1-3-22-18(21)17-11(2)8-16(26-17)19-15(20)10-25-12-4-5-13-14(9-12)24-7-6-23-13/h4-5,8-9H,3,6-7,10H2,1-2H3,(H,19,20). The average molecular weight is 393 g/mol. The molecule has 6 nitrogen and oxygen atoms in total. The van der Waals surface area contributed by atoms with Crippen LogP contribution < -0.4 is 14.8 Å². The Morgan fingerprint density at radius 1 is 1.23 bits per heavy atom. The predicted molar refractivity (Wildman–Crippen MR) is 102 cm³/mol. The summed E-state index contributed by atoms with van der Waals surface area (Å²) in [6.45, 7) is 4.99. The number of anilines is 1. The van der Waals surface area contributed by atoms with Crippen LogP contribution in [0.25, 0.3) is 0 Å². The van der Waals surface area contributed by atoms with Crippen molar-refractivity contribution in [2.45, 2.75) is 18.7 Å². The van der Waals surface area contributed by atoms with Crippen molar-refractivity contribution < 1.29 is 23.8 Å². The predicted octanol–water partition coefficient (Wildman–Crippen LogP) is 3.74. The summed E-state index contributed by atoms with van der Waals surface area (Å²) in [6, 6.07) is 7.41. The number of esters is 1. The number of carbonyl (C=O) groups is 2. The van der Waals surface area contributed by atoms with Crippen LogP contribution >= 0.6 is 23.1 Å². The zero-order valence-electron chi connectivity index (χ0n) is 14.5. The molecule has 0 atom stereocenters. The van der Waals surface area contributed by atoms with Crippen LogP contribution in [-0.2, 0) is 9.53 Å². The summed E-state index contributed by atoms with van der Waals surface area (Å²) in [5, 5.41) is 3.47. The second-order valence-corrected chi connectivity index (χ2v) is 7.59. The van der Waals surface area contributed by atoms with Gasteiger partial charge in [-0.2, -0.15) is 0 Å². The lowest BCUT2D eigenvalue weighted by molar-refractivity contribution is -0.113.